The van der Waals surface area contributed by atoms with Gasteiger partial charge in [-0.2, -0.15) is 16.3 Å². The van der Waals surface area contributed by atoms with Gasteiger partial charge in [-0.05, 0) is 42.6 Å². The molecule has 0 bridgehead atoms. The van der Waals surface area contributed by atoms with Gasteiger partial charge in [0, 0.05) is 24.0 Å². The van der Waals surface area contributed by atoms with Crippen LogP contribution in [0.2, 0.25) is 0 Å². The van der Waals surface area contributed by atoms with Gasteiger partial charge in [0.1, 0.15) is 11.5 Å². The second kappa shape index (κ2) is 7.79. The van der Waals surface area contributed by atoms with Crippen molar-refractivity contribution in [3.63, 3.8) is 0 Å². The summed E-state index contributed by atoms with van der Waals surface area (Å²) >= 11 is 1.59. The van der Waals surface area contributed by atoms with E-state index in [0.29, 0.717) is 37.2 Å². The summed E-state index contributed by atoms with van der Waals surface area (Å²) in [6.45, 7) is 3.68. The van der Waals surface area contributed by atoms with Crippen LogP contribution in [0.15, 0.2) is 45.6 Å². The van der Waals surface area contributed by atoms with Gasteiger partial charge in [-0.15, -0.1) is 0 Å². The van der Waals surface area contributed by atoms with Crippen molar-refractivity contribution in [2.75, 3.05) is 26.3 Å². The SMILES string of the molecule is CCOc1ccc(OCC(=O)N2CC(c3nc(-c4ccsc4)no3)C2)cc1. The van der Waals surface area contributed by atoms with Crippen molar-refractivity contribution in [2.24, 2.45) is 0 Å². The van der Waals surface area contributed by atoms with Gasteiger partial charge in [0.05, 0.1) is 12.5 Å². The molecule has 1 aliphatic rings. The number of hydrogen-bond donors (Lipinski definition) is 0. The smallest absolute Gasteiger partial charge is 0.260 e. The zero-order valence-electron chi connectivity index (χ0n) is 14.8. The van der Waals surface area contributed by atoms with Crippen molar-refractivity contribution in [1.82, 2.24) is 15.0 Å². The van der Waals surface area contributed by atoms with Crippen molar-refractivity contribution in [1.29, 1.82) is 0 Å². The third kappa shape index (κ3) is 3.95. The number of ether oxygens (including phenoxy) is 2. The average Bonchev–Trinajstić information content (AvgIpc) is 3.32. The maximum Gasteiger partial charge on any atom is 0.260 e. The maximum absolute atomic E-state index is 12.2. The van der Waals surface area contributed by atoms with Crippen LogP contribution in [0.25, 0.3) is 11.4 Å². The maximum atomic E-state index is 12.2. The molecule has 1 saturated heterocycles. The number of hydrogen-bond acceptors (Lipinski definition) is 7. The largest absolute Gasteiger partial charge is 0.494 e. The zero-order chi connectivity index (χ0) is 18.6. The molecule has 0 saturated carbocycles. The molecule has 0 spiro atoms. The van der Waals surface area contributed by atoms with Gasteiger partial charge < -0.3 is 18.9 Å². The van der Waals surface area contributed by atoms with Crippen LogP contribution in [0.3, 0.4) is 0 Å². The van der Waals surface area contributed by atoms with Crippen LogP contribution in [-0.4, -0.2) is 47.3 Å². The first kappa shape index (κ1) is 17.5. The van der Waals surface area contributed by atoms with Gasteiger partial charge in [-0.1, -0.05) is 5.16 Å². The summed E-state index contributed by atoms with van der Waals surface area (Å²) in [5.41, 5.74) is 0.950. The monoisotopic (exact) mass is 385 g/mol. The minimum absolute atomic E-state index is 0.00465. The van der Waals surface area contributed by atoms with Crippen LogP contribution in [0, 0.1) is 0 Å². The predicted molar refractivity (Wildman–Crippen MR) is 100 cm³/mol. The summed E-state index contributed by atoms with van der Waals surface area (Å²) in [5.74, 6) is 2.61. The first-order chi connectivity index (χ1) is 13.2. The summed E-state index contributed by atoms with van der Waals surface area (Å²) < 4.78 is 16.3. The molecule has 3 aromatic rings. The minimum atomic E-state index is -0.0577. The highest BCUT2D eigenvalue weighted by molar-refractivity contribution is 7.08. The van der Waals surface area contributed by atoms with Crippen LogP contribution in [0.5, 0.6) is 11.5 Å². The Hall–Kier alpha value is -2.87. The molecule has 3 heterocycles. The molecular weight excluding hydrogens is 366 g/mol. The lowest BCUT2D eigenvalue weighted by Gasteiger charge is -2.36. The Kier molecular flexibility index (Phi) is 5.06. The van der Waals surface area contributed by atoms with Crippen molar-refractivity contribution in [3.05, 3.63) is 47.0 Å². The molecule has 27 heavy (non-hydrogen) atoms. The lowest BCUT2D eigenvalue weighted by molar-refractivity contribution is -0.138. The Morgan fingerprint density at radius 1 is 1.22 bits per heavy atom. The summed E-state index contributed by atoms with van der Waals surface area (Å²) in [6, 6.07) is 9.19. The number of likely N-dealkylation sites (tertiary alicyclic amines) is 1. The van der Waals surface area contributed by atoms with Crippen LogP contribution >= 0.6 is 11.3 Å². The summed E-state index contributed by atoms with van der Waals surface area (Å²) in [5, 5.41) is 7.96. The second-order valence-corrected chi connectivity index (χ2v) is 6.94. The van der Waals surface area contributed by atoms with Gasteiger partial charge in [0.25, 0.3) is 5.91 Å². The fourth-order valence-electron chi connectivity index (χ4n) is 2.78. The molecule has 1 amide bonds. The standard InChI is InChI=1S/C19H19N3O4S/c1-2-24-15-3-5-16(6-4-15)25-11-17(23)22-9-14(10-22)19-20-18(21-26-19)13-7-8-27-12-13/h3-8,12,14H,2,9-11H2,1H3. The zero-order valence-corrected chi connectivity index (χ0v) is 15.6. The Balaban J connectivity index is 1.25. The van der Waals surface area contributed by atoms with E-state index in [1.54, 1.807) is 28.4 Å². The molecule has 8 heteroatoms. The van der Waals surface area contributed by atoms with E-state index >= 15 is 0 Å². The molecule has 7 nitrogen and oxygen atoms in total. The highest BCUT2D eigenvalue weighted by Gasteiger charge is 2.35. The highest BCUT2D eigenvalue weighted by Crippen LogP contribution is 2.28. The molecular formula is C19H19N3O4S. The second-order valence-electron chi connectivity index (χ2n) is 6.16. The van der Waals surface area contributed by atoms with Crippen molar-refractivity contribution in [3.8, 4) is 22.9 Å². The Morgan fingerprint density at radius 3 is 2.63 bits per heavy atom. The highest BCUT2D eigenvalue weighted by atomic mass is 32.1. The van der Waals surface area contributed by atoms with Crippen LogP contribution < -0.4 is 9.47 Å². The Morgan fingerprint density at radius 2 is 1.96 bits per heavy atom. The summed E-state index contributed by atoms with van der Waals surface area (Å²) in [7, 11) is 0. The van der Waals surface area contributed by atoms with E-state index in [-0.39, 0.29) is 18.4 Å². The molecule has 0 atom stereocenters. The molecule has 1 aliphatic heterocycles. The molecule has 0 radical (unpaired) electrons. The summed E-state index contributed by atoms with van der Waals surface area (Å²) in [6.07, 6.45) is 0. The van der Waals surface area contributed by atoms with E-state index < -0.39 is 0 Å². The summed E-state index contributed by atoms with van der Waals surface area (Å²) in [4.78, 5) is 18.4. The van der Waals surface area contributed by atoms with Gasteiger partial charge in [-0.25, -0.2) is 0 Å². The normalized spacial score (nSPS) is 14.0. The third-order valence-corrected chi connectivity index (χ3v) is 4.98. The van der Waals surface area contributed by atoms with Gasteiger partial charge >= 0.3 is 0 Å². The molecule has 1 aromatic carbocycles. The lowest BCUT2D eigenvalue weighted by Crippen LogP contribution is -2.50. The van der Waals surface area contributed by atoms with Gasteiger partial charge in [0.2, 0.25) is 11.7 Å². The first-order valence-corrected chi connectivity index (χ1v) is 9.67. The molecule has 4 rings (SSSR count). The van der Waals surface area contributed by atoms with E-state index in [0.717, 1.165) is 11.3 Å². The molecule has 140 valence electrons. The van der Waals surface area contributed by atoms with E-state index in [1.165, 1.54) is 0 Å². The topological polar surface area (TPSA) is 77.7 Å². The Labute approximate surface area is 160 Å². The minimum Gasteiger partial charge on any atom is -0.494 e. The molecule has 2 aromatic heterocycles. The van der Waals surface area contributed by atoms with E-state index in [4.69, 9.17) is 14.0 Å². The molecule has 0 unspecified atom stereocenters. The van der Waals surface area contributed by atoms with Gasteiger partial charge in [0.15, 0.2) is 6.61 Å². The number of thiophene rings is 1. The molecule has 0 N–H and O–H groups in total. The quantitative estimate of drug-likeness (QED) is 0.622. The van der Waals surface area contributed by atoms with Gasteiger partial charge in [-0.3, -0.25) is 4.79 Å². The third-order valence-electron chi connectivity index (χ3n) is 4.30. The number of amides is 1. The average molecular weight is 385 g/mol. The molecule has 0 aliphatic carbocycles. The number of carbonyl (C=O) groups excluding carboxylic acids is 1. The van der Waals surface area contributed by atoms with Crippen molar-refractivity contribution >= 4 is 17.2 Å². The number of carbonyl (C=O) groups is 1. The van der Waals surface area contributed by atoms with Crippen LogP contribution in [0.4, 0.5) is 0 Å². The number of aromatic nitrogens is 2. The number of rotatable bonds is 7. The van der Waals surface area contributed by atoms with Crippen LogP contribution in [0.1, 0.15) is 18.7 Å². The fourth-order valence-corrected chi connectivity index (χ4v) is 3.42. The first-order valence-electron chi connectivity index (χ1n) is 8.72. The Bertz CT molecular complexity index is 886. The predicted octanol–water partition coefficient (Wildman–Crippen LogP) is 3.20. The van der Waals surface area contributed by atoms with Crippen molar-refractivity contribution in [2.45, 2.75) is 12.8 Å². The lowest BCUT2D eigenvalue weighted by atomic mass is 10.0. The van der Waals surface area contributed by atoms with E-state index in [9.17, 15) is 4.79 Å². The fraction of sp³-hybridized carbons (Fsp3) is 0.316. The number of benzene rings is 1. The van der Waals surface area contributed by atoms with E-state index in [1.807, 2.05) is 35.9 Å². The van der Waals surface area contributed by atoms with Crippen LogP contribution in [-0.2, 0) is 4.79 Å². The number of nitrogens with zero attached hydrogens (tertiary/aromatic N) is 3. The molecule has 1 fully saturated rings. The van der Waals surface area contributed by atoms with Crippen molar-refractivity contribution < 1.29 is 18.8 Å². The van der Waals surface area contributed by atoms with E-state index in [2.05, 4.69) is 10.1 Å².